The molecule has 2 atom stereocenters. The van der Waals surface area contributed by atoms with E-state index >= 15 is 0 Å². The topological polar surface area (TPSA) is 66.8 Å². The van der Waals surface area contributed by atoms with Crippen molar-refractivity contribution >= 4 is 10.0 Å². The van der Waals surface area contributed by atoms with Crippen LogP contribution < -0.4 is 0 Å². The molecule has 2 fully saturated rings. The molecule has 1 aromatic rings. The Kier molecular flexibility index (Phi) is 4.78. The quantitative estimate of drug-likeness (QED) is 0.913. The molecule has 0 unspecified atom stereocenters. The Hall–Kier alpha value is -0.950. The fourth-order valence-corrected chi connectivity index (χ4v) is 5.42. The van der Waals surface area contributed by atoms with Crippen LogP contribution in [0, 0.1) is 11.8 Å². The molecule has 2 saturated heterocycles. The molecular formula is C17H25NO4S. The largest absolute Gasteiger partial charge is 0.389 e. The third kappa shape index (κ3) is 3.18. The van der Waals surface area contributed by atoms with Crippen LogP contribution in [-0.4, -0.2) is 49.7 Å². The smallest absolute Gasteiger partial charge is 0.243 e. The summed E-state index contributed by atoms with van der Waals surface area (Å²) in [6.07, 6.45) is 2.20. The van der Waals surface area contributed by atoms with E-state index in [9.17, 15) is 13.5 Å². The first-order valence-electron chi connectivity index (χ1n) is 8.30. The number of rotatable bonds is 3. The second-order valence-corrected chi connectivity index (χ2v) is 8.64. The number of aliphatic hydroxyl groups is 1. The lowest BCUT2D eigenvalue weighted by molar-refractivity contribution is -0.121. The van der Waals surface area contributed by atoms with E-state index in [0.29, 0.717) is 37.6 Å². The van der Waals surface area contributed by atoms with Crippen LogP contribution in [0.5, 0.6) is 0 Å². The second kappa shape index (κ2) is 6.51. The van der Waals surface area contributed by atoms with E-state index in [-0.39, 0.29) is 11.8 Å². The van der Waals surface area contributed by atoms with Crippen molar-refractivity contribution in [2.24, 2.45) is 11.8 Å². The Bertz CT molecular complexity index is 627. The van der Waals surface area contributed by atoms with E-state index in [1.807, 2.05) is 13.0 Å². The molecule has 2 aliphatic heterocycles. The Morgan fingerprint density at radius 3 is 2.48 bits per heavy atom. The molecule has 0 saturated carbocycles. The zero-order chi connectivity index (χ0) is 16.5. The van der Waals surface area contributed by atoms with E-state index in [4.69, 9.17) is 4.74 Å². The first kappa shape index (κ1) is 16.9. The van der Waals surface area contributed by atoms with Gasteiger partial charge in [0.2, 0.25) is 10.0 Å². The SMILES string of the molecule is C[C@@H]1CN(S(=O)(=O)c2ccccc2)CC[C@@]1(O)C1CCOCC1. The van der Waals surface area contributed by atoms with Gasteiger partial charge in [-0.2, -0.15) is 4.31 Å². The Labute approximate surface area is 138 Å². The monoisotopic (exact) mass is 339 g/mol. The van der Waals surface area contributed by atoms with Gasteiger partial charge < -0.3 is 9.84 Å². The molecule has 6 heteroatoms. The van der Waals surface area contributed by atoms with Crippen LogP contribution >= 0.6 is 0 Å². The van der Waals surface area contributed by atoms with Crippen LogP contribution in [0.25, 0.3) is 0 Å². The van der Waals surface area contributed by atoms with Gasteiger partial charge in [-0.3, -0.25) is 0 Å². The predicted octanol–water partition coefficient (Wildman–Crippen LogP) is 1.87. The van der Waals surface area contributed by atoms with Crippen molar-refractivity contribution in [2.75, 3.05) is 26.3 Å². The molecule has 0 spiro atoms. The van der Waals surface area contributed by atoms with E-state index in [2.05, 4.69) is 0 Å². The minimum Gasteiger partial charge on any atom is -0.389 e. The summed E-state index contributed by atoms with van der Waals surface area (Å²) in [5.74, 6) is 0.116. The number of ether oxygens (including phenoxy) is 1. The maximum atomic E-state index is 12.7. The molecule has 128 valence electrons. The van der Waals surface area contributed by atoms with Gasteiger partial charge in [0.1, 0.15) is 0 Å². The summed E-state index contributed by atoms with van der Waals surface area (Å²) in [7, 11) is -3.48. The summed E-state index contributed by atoms with van der Waals surface area (Å²) >= 11 is 0. The lowest BCUT2D eigenvalue weighted by atomic mass is 9.70. The van der Waals surface area contributed by atoms with Gasteiger partial charge in [-0.1, -0.05) is 25.1 Å². The maximum Gasteiger partial charge on any atom is 0.243 e. The molecular weight excluding hydrogens is 314 g/mol. The van der Waals surface area contributed by atoms with Gasteiger partial charge in [-0.25, -0.2) is 8.42 Å². The predicted molar refractivity (Wildman–Crippen MR) is 87.5 cm³/mol. The lowest BCUT2D eigenvalue weighted by Crippen LogP contribution is -2.56. The van der Waals surface area contributed by atoms with Crippen LogP contribution in [0.1, 0.15) is 26.2 Å². The number of nitrogens with zero attached hydrogens (tertiary/aromatic N) is 1. The molecule has 2 aliphatic rings. The highest BCUT2D eigenvalue weighted by Crippen LogP contribution is 2.40. The van der Waals surface area contributed by atoms with E-state index < -0.39 is 15.6 Å². The van der Waals surface area contributed by atoms with Crippen molar-refractivity contribution in [1.82, 2.24) is 4.31 Å². The molecule has 23 heavy (non-hydrogen) atoms. The molecule has 3 rings (SSSR count). The minimum atomic E-state index is -3.48. The van der Waals surface area contributed by atoms with Crippen molar-refractivity contribution in [3.05, 3.63) is 30.3 Å². The number of sulfonamides is 1. The molecule has 5 nitrogen and oxygen atoms in total. The Morgan fingerprint density at radius 1 is 1.22 bits per heavy atom. The summed E-state index contributed by atoms with van der Waals surface area (Å²) in [5.41, 5.74) is -0.785. The van der Waals surface area contributed by atoms with Gasteiger partial charge in [0, 0.05) is 26.3 Å². The van der Waals surface area contributed by atoms with Crippen LogP contribution in [0.3, 0.4) is 0 Å². The molecule has 0 amide bonds. The van der Waals surface area contributed by atoms with Crippen LogP contribution in [0.4, 0.5) is 0 Å². The molecule has 0 radical (unpaired) electrons. The molecule has 0 bridgehead atoms. The highest BCUT2D eigenvalue weighted by molar-refractivity contribution is 7.89. The fraction of sp³-hybridized carbons (Fsp3) is 0.647. The Morgan fingerprint density at radius 2 is 1.87 bits per heavy atom. The third-order valence-electron chi connectivity index (χ3n) is 5.40. The van der Waals surface area contributed by atoms with Crippen molar-refractivity contribution < 1.29 is 18.3 Å². The van der Waals surface area contributed by atoms with Crippen molar-refractivity contribution in [3.8, 4) is 0 Å². The number of hydrogen-bond donors (Lipinski definition) is 1. The van der Waals surface area contributed by atoms with Gasteiger partial charge >= 0.3 is 0 Å². The molecule has 0 aromatic heterocycles. The van der Waals surface area contributed by atoms with Crippen molar-refractivity contribution in [1.29, 1.82) is 0 Å². The molecule has 1 aromatic carbocycles. The number of hydrogen-bond acceptors (Lipinski definition) is 4. The van der Waals surface area contributed by atoms with Crippen LogP contribution in [0.2, 0.25) is 0 Å². The fourth-order valence-electron chi connectivity index (χ4n) is 3.87. The summed E-state index contributed by atoms with van der Waals surface area (Å²) in [6.45, 7) is 4.07. The average Bonchev–Trinajstić information content (AvgIpc) is 2.59. The second-order valence-electron chi connectivity index (χ2n) is 6.71. The van der Waals surface area contributed by atoms with E-state index in [0.717, 1.165) is 12.8 Å². The molecule has 2 heterocycles. The van der Waals surface area contributed by atoms with Crippen molar-refractivity contribution in [2.45, 2.75) is 36.7 Å². The lowest BCUT2D eigenvalue weighted by Gasteiger charge is -2.48. The van der Waals surface area contributed by atoms with Crippen molar-refractivity contribution in [3.63, 3.8) is 0 Å². The van der Waals surface area contributed by atoms with Gasteiger partial charge in [-0.05, 0) is 43.2 Å². The first-order chi connectivity index (χ1) is 10.9. The summed E-state index contributed by atoms with van der Waals surface area (Å²) in [5, 5.41) is 11.1. The van der Waals surface area contributed by atoms with Gasteiger partial charge in [0.15, 0.2) is 0 Å². The molecule has 1 N–H and O–H groups in total. The van der Waals surface area contributed by atoms with Gasteiger partial charge in [-0.15, -0.1) is 0 Å². The summed E-state index contributed by atoms with van der Waals surface area (Å²) in [6, 6.07) is 8.53. The minimum absolute atomic E-state index is 0.0853. The van der Waals surface area contributed by atoms with Crippen LogP contribution in [-0.2, 0) is 14.8 Å². The van der Waals surface area contributed by atoms with Gasteiger partial charge in [0.25, 0.3) is 0 Å². The van der Waals surface area contributed by atoms with Crippen LogP contribution in [0.15, 0.2) is 35.2 Å². The number of benzene rings is 1. The first-order valence-corrected chi connectivity index (χ1v) is 9.74. The highest BCUT2D eigenvalue weighted by atomic mass is 32.2. The normalized spacial score (nSPS) is 31.1. The average molecular weight is 339 g/mol. The standard InChI is InChI=1S/C17H25NO4S/c1-14-13-18(23(20,21)16-5-3-2-4-6-16)10-9-17(14,19)15-7-11-22-12-8-15/h2-6,14-15,19H,7-13H2,1H3/t14-,17+/m1/s1. The zero-order valence-electron chi connectivity index (χ0n) is 13.5. The zero-order valence-corrected chi connectivity index (χ0v) is 14.3. The molecule has 0 aliphatic carbocycles. The van der Waals surface area contributed by atoms with E-state index in [1.165, 1.54) is 4.31 Å². The summed E-state index contributed by atoms with van der Waals surface area (Å²) < 4.78 is 32.4. The van der Waals surface area contributed by atoms with E-state index in [1.54, 1.807) is 24.3 Å². The maximum absolute atomic E-state index is 12.7. The Balaban J connectivity index is 1.76. The highest BCUT2D eigenvalue weighted by Gasteiger charge is 2.47. The third-order valence-corrected chi connectivity index (χ3v) is 7.28. The number of piperidine rings is 1. The summed E-state index contributed by atoms with van der Waals surface area (Å²) in [4.78, 5) is 0.323. The van der Waals surface area contributed by atoms with Gasteiger partial charge in [0.05, 0.1) is 10.5 Å².